The maximum atomic E-state index is 12.9. The number of benzene rings is 1. The standard InChI is InChI=1S/C21H35N3O3S/c25-28(26,23-14-5-2-6-15-23)24-16-9-13-22(17-18-24)12-7-8-19-27-20-21-10-3-1-4-11-21/h1,3-4,10-11H,2,5-9,12-20H2. The predicted octanol–water partition coefficient (Wildman–Crippen LogP) is 2.72. The summed E-state index contributed by atoms with van der Waals surface area (Å²) < 4.78 is 34.9. The van der Waals surface area contributed by atoms with Crippen LogP contribution >= 0.6 is 0 Å². The second-order valence-electron chi connectivity index (χ2n) is 7.81. The third kappa shape index (κ3) is 6.52. The van der Waals surface area contributed by atoms with Gasteiger partial charge in [-0.1, -0.05) is 36.8 Å². The Bertz CT molecular complexity index is 663. The maximum absolute atomic E-state index is 12.9. The number of unbranched alkanes of at least 4 members (excludes halogenated alkanes) is 1. The zero-order valence-corrected chi connectivity index (χ0v) is 17.8. The van der Waals surface area contributed by atoms with E-state index in [4.69, 9.17) is 4.74 Å². The van der Waals surface area contributed by atoms with Gasteiger partial charge in [-0.05, 0) is 50.8 Å². The van der Waals surface area contributed by atoms with Gasteiger partial charge in [0.2, 0.25) is 0 Å². The second-order valence-corrected chi connectivity index (χ2v) is 9.74. The number of hydrogen-bond donors (Lipinski definition) is 0. The van der Waals surface area contributed by atoms with E-state index in [1.54, 1.807) is 8.61 Å². The zero-order chi connectivity index (χ0) is 19.7. The molecule has 2 saturated heterocycles. The number of ether oxygens (including phenoxy) is 1. The van der Waals surface area contributed by atoms with Crippen LogP contribution in [0.2, 0.25) is 0 Å². The number of nitrogens with zero attached hydrogens (tertiary/aromatic N) is 3. The van der Waals surface area contributed by atoms with Gasteiger partial charge in [0.15, 0.2) is 0 Å². The van der Waals surface area contributed by atoms with E-state index >= 15 is 0 Å². The normalized spacial score (nSPS) is 20.9. The molecular formula is C21H35N3O3S. The van der Waals surface area contributed by atoms with Crippen LogP contribution in [0.15, 0.2) is 30.3 Å². The van der Waals surface area contributed by atoms with E-state index in [9.17, 15) is 8.42 Å². The molecule has 2 aliphatic heterocycles. The quantitative estimate of drug-likeness (QED) is 0.589. The fourth-order valence-corrected chi connectivity index (χ4v) is 5.68. The molecule has 28 heavy (non-hydrogen) atoms. The van der Waals surface area contributed by atoms with Gasteiger partial charge in [-0.2, -0.15) is 17.0 Å². The van der Waals surface area contributed by atoms with E-state index < -0.39 is 10.2 Å². The molecule has 2 fully saturated rings. The van der Waals surface area contributed by atoms with Crippen molar-refractivity contribution in [2.24, 2.45) is 0 Å². The fraction of sp³-hybridized carbons (Fsp3) is 0.714. The van der Waals surface area contributed by atoms with Crippen molar-refractivity contribution >= 4 is 10.2 Å². The number of piperidine rings is 1. The number of hydrogen-bond acceptors (Lipinski definition) is 4. The van der Waals surface area contributed by atoms with Gasteiger partial charge in [0, 0.05) is 39.3 Å². The summed E-state index contributed by atoms with van der Waals surface area (Å²) >= 11 is 0. The van der Waals surface area contributed by atoms with E-state index in [1.165, 1.54) is 5.56 Å². The molecule has 0 aromatic heterocycles. The molecule has 1 aromatic carbocycles. The molecule has 7 heteroatoms. The average molecular weight is 410 g/mol. The Morgan fingerprint density at radius 1 is 0.786 bits per heavy atom. The van der Waals surface area contributed by atoms with E-state index in [1.807, 2.05) is 18.2 Å². The Morgan fingerprint density at radius 2 is 1.50 bits per heavy atom. The Balaban J connectivity index is 1.32. The van der Waals surface area contributed by atoms with E-state index in [0.29, 0.717) is 32.8 Å². The highest BCUT2D eigenvalue weighted by atomic mass is 32.2. The van der Waals surface area contributed by atoms with E-state index in [-0.39, 0.29) is 0 Å². The van der Waals surface area contributed by atoms with Crippen LogP contribution in [-0.2, 0) is 21.6 Å². The highest BCUT2D eigenvalue weighted by molar-refractivity contribution is 7.86. The lowest BCUT2D eigenvalue weighted by atomic mass is 10.2. The lowest BCUT2D eigenvalue weighted by Gasteiger charge is -2.31. The van der Waals surface area contributed by atoms with Gasteiger partial charge in [-0.25, -0.2) is 0 Å². The Kier molecular flexibility index (Phi) is 8.73. The molecule has 2 heterocycles. The highest BCUT2D eigenvalue weighted by Gasteiger charge is 2.31. The van der Waals surface area contributed by atoms with Crippen molar-refractivity contribution < 1.29 is 13.2 Å². The zero-order valence-electron chi connectivity index (χ0n) is 17.0. The van der Waals surface area contributed by atoms with Crippen molar-refractivity contribution in [2.45, 2.75) is 45.1 Å². The third-order valence-corrected chi connectivity index (χ3v) is 7.68. The molecule has 3 rings (SSSR count). The van der Waals surface area contributed by atoms with E-state index in [0.717, 1.165) is 64.8 Å². The van der Waals surface area contributed by atoms with Crippen LogP contribution in [-0.4, -0.2) is 74.3 Å². The minimum Gasteiger partial charge on any atom is -0.377 e. The Labute approximate surface area is 170 Å². The summed E-state index contributed by atoms with van der Waals surface area (Å²) in [5, 5.41) is 0. The van der Waals surface area contributed by atoms with Crippen LogP contribution in [0.3, 0.4) is 0 Å². The van der Waals surface area contributed by atoms with Crippen molar-refractivity contribution in [1.82, 2.24) is 13.5 Å². The Hall–Kier alpha value is -0.990. The van der Waals surface area contributed by atoms with Crippen LogP contribution < -0.4 is 0 Å². The monoisotopic (exact) mass is 409 g/mol. The topological polar surface area (TPSA) is 53.1 Å². The number of rotatable bonds is 9. The summed E-state index contributed by atoms with van der Waals surface area (Å²) in [6.07, 6.45) is 6.18. The van der Waals surface area contributed by atoms with Crippen LogP contribution in [0.5, 0.6) is 0 Å². The molecule has 1 aromatic rings. The first-order valence-electron chi connectivity index (χ1n) is 10.8. The molecule has 0 spiro atoms. The van der Waals surface area contributed by atoms with Crippen molar-refractivity contribution in [3.63, 3.8) is 0 Å². The smallest absolute Gasteiger partial charge is 0.282 e. The second kappa shape index (κ2) is 11.3. The molecule has 0 amide bonds. The molecule has 0 N–H and O–H groups in total. The molecule has 0 radical (unpaired) electrons. The molecule has 6 nitrogen and oxygen atoms in total. The maximum Gasteiger partial charge on any atom is 0.282 e. The first-order valence-corrected chi connectivity index (χ1v) is 12.2. The minimum atomic E-state index is -3.27. The molecular weight excluding hydrogens is 374 g/mol. The van der Waals surface area contributed by atoms with Crippen molar-refractivity contribution in [3.8, 4) is 0 Å². The molecule has 0 atom stereocenters. The highest BCUT2D eigenvalue weighted by Crippen LogP contribution is 2.18. The summed E-state index contributed by atoms with van der Waals surface area (Å²) in [4.78, 5) is 2.41. The lowest BCUT2D eigenvalue weighted by Crippen LogP contribution is -2.47. The first-order chi connectivity index (χ1) is 13.7. The van der Waals surface area contributed by atoms with Crippen LogP contribution in [0.1, 0.15) is 44.1 Å². The summed E-state index contributed by atoms with van der Waals surface area (Å²) in [6, 6.07) is 10.3. The van der Waals surface area contributed by atoms with E-state index in [2.05, 4.69) is 17.0 Å². The van der Waals surface area contributed by atoms with Crippen molar-refractivity contribution in [1.29, 1.82) is 0 Å². The Morgan fingerprint density at radius 3 is 2.29 bits per heavy atom. The molecule has 0 unspecified atom stereocenters. The summed E-state index contributed by atoms with van der Waals surface area (Å²) in [7, 11) is -3.27. The molecule has 2 aliphatic rings. The van der Waals surface area contributed by atoms with Gasteiger partial charge in [0.05, 0.1) is 6.61 Å². The van der Waals surface area contributed by atoms with Crippen molar-refractivity contribution in [3.05, 3.63) is 35.9 Å². The molecule has 158 valence electrons. The predicted molar refractivity (Wildman–Crippen MR) is 112 cm³/mol. The molecule has 0 aliphatic carbocycles. The van der Waals surface area contributed by atoms with Gasteiger partial charge in [0.1, 0.15) is 0 Å². The average Bonchev–Trinajstić information content (AvgIpc) is 2.98. The van der Waals surface area contributed by atoms with Gasteiger partial charge in [-0.15, -0.1) is 0 Å². The van der Waals surface area contributed by atoms with Crippen molar-refractivity contribution in [2.75, 3.05) is 52.4 Å². The lowest BCUT2D eigenvalue weighted by molar-refractivity contribution is 0.114. The molecule has 0 bridgehead atoms. The van der Waals surface area contributed by atoms with Gasteiger partial charge >= 0.3 is 0 Å². The third-order valence-electron chi connectivity index (χ3n) is 5.64. The summed E-state index contributed by atoms with van der Waals surface area (Å²) in [5.41, 5.74) is 1.21. The summed E-state index contributed by atoms with van der Waals surface area (Å²) in [5.74, 6) is 0. The summed E-state index contributed by atoms with van der Waals surface area (Å²) in [6.45, 7) is 6.92. The SMILES string of the molecule is O=S(=O)(N1CCCCC1)N1CCCN(CCCCOCc2ccccc2)CC1. The van der Waals surface area contributed by atoms with Gasteiger partial charge in [-0.3, -0.25) is 0 Å². The van der Waals surface area contributed by atoms with Crippen LogP contribution in [0.25, 0.3) is 0 Å². The largest absolute Gasteiger partial charge is 0.377 e. The fourth-order valence-electron chi connectivity index (χ4n) is 3.96. The van der Waals surface area contributed by atoms with Gasteiger partial charge in [0.25, 0.3) is 10.2 Å². The van der Waals surface area contributed by atoms with Crippen LogP contribution in [0.4, 0.5) is 0 Å². The minimum absolute atomic E-state index is 0.614. The van der Waals surface area contributed by atoms with Gasteiger partial charge < -0.3 is 9.64 Å². The van der Waals surface area contributed by atoms with Crippen LogP contribution in [0, 0.1) is 0 Å². The first kappa shape index (κ1) is 21.7. The molecule has 0 saturated carbocycles.